The summed E-state index contributed by atoms with van der Waals surface area (Å²) < 4.78 is 2.62. The van der Waals surface area contributed by atoms with Crippen LogP contribution in [0.15, 0.2) is 16.7 Å². The Morgan fingerprint density at radius 3 is 2.94 bits per heavy atom. The molecule has 2 N–H and O–H groups in total. The van der Waals surface area contributed by atoms with Crippen molar-refractivity contribution in [3.63, 3.8) is 0 Å². The summed E-state index contributed by atoms with van der Waals surface area (Å²) in [6.45, 7) is 3.90. The lowest BCUT2D eigenvalue weighted by Gasteiger charge is -2.05. The molecule has 0 aromatic carbocycles. The topological polar surface area (TPSA) is 66.6 Å². The molecule has 0 aliphatic rings. The largest absolute Gasteiger partial charge is 0.395 e. The van der Waals surface area contributed by atoms with E-state index < -0.39 is 0 Å². The number of halogens is 1. The second kappa shape index (κ2) is 5.07. The number of carbonyl (C=O) groups is 1. The van der Waals surface area contributed by atoms with Crippen LogP contribution in [0.3, 0.4) is 0 Å². The van der Waals surface area contributed by atoms with Gasteiger partial charge >= 0.3 is 0 Å². The first-order valence-corrected chi connectivity index (χ1v) is 6.37. The second-order valence-electron chi connectivity index (χ2n) is 4.08. The van der Waals surface area contributed by atoms with Crippen LogP contribution in [0.2, 0.25) is 0 Å². The number of hydrogen-bond acceptors (Lipinski definition) is 3. The number of aliphatic hydroxyl groups is 1. The van der Waals surface area contributed by atoms with Gasteiger partial charge in [0.1, 0.15) is 5.69 Å². The first-order valence-electron chi connectivity index (χ1n) is 5.58. The minimum atomic E-state index is -0.230. The number of amides is 1. The highest BCUT2D eigenvalue weighted by Crippen LogP contribution is 2.22. The fourth-order valence-corrected chi connectivity index (χ4v) is 2.51. The van der Waals surface area contributed by atoms with Gasteiger partial charge in [-0.25, -0.2) is 4.98 Å². The van der Waals surface area contributed by atoms with Gasteiger partial charge in [0.25, 0.3) is 5.91 Å². The van der Waals surface area contributed by atoms with Crippen LogP contribution in [0.5, 0.6) is 0 Å². The fraction of sp³-hybridized carbons (Fsp3) is 0.333. The van der Waals surface area contributed by atoms with Crippen molar-refractivity contribution in [2.24, 2.45) is 0 Å². The molecule has 0 fully saturated rings. The molecule has 5 nitrogen and oxygen atoms in total. The Morgan fingerprint density at radius 1 is 1.56 bits per heavy atom. The molecule has 1 amide bonds. The number of hydrogen-bond donors (Lipinski definition) is 2. The third kappa shape index (κ3) is 2.26. The number of aromatic nitrogens is 2. The van der Waals surface area contributed by atoms with E-state index in [2.05, 4.69) is 26.2 Å². The number of nitrogens with one attached hydrogen (secondary N) is 1. The van der Waals surface area contributed by atoms with Crippen molar-refractivity contribution in [1.82, 2.24) is 14.7 Å². The number of rotatable bonds is 3. The summed E-state index contributed by atoms with van der Waals surface area (Å²) in [6.07, 6.45) is 1.87. The van der Waals surface area contributed by atoms with E-state index >= 15 is 0 Å². The molecule has 2 heterocycles. The number of imidazole rings is 1. The van der Waals surface area contributed by atoms with Gasteiger partial charge in [-0.2, -0.15) is 0 Å². The van der Waals surface area contributed by atoms with Crippen LogP contribution in [0.25, 0.3) is 5.65 Å². The standard InChI is InChI=1S/C12H14BrN3O2/c1-7-5-9(13)11-15-8(2)10(16(11)6-7)12(18)14-3-4-17/h5-6,17H,3-4H2,1-2H3,(H,14,18). The molecule has 6 heteroatoms. The van der Waals surface area contributed by atoms with E-state index in [1.165, 1.54) is 0 Å². The molecule has 2 aromatic rings. The van der Waals surface area contributed by atoms with Crippen molar-refractivity contribution in [2.75, 3.05) is 13.2 Å². The maximum atomic E-state index is 12.0. The molecule has 0 radical (unpaired) electrons. The summed E-state index contributed by atoms with van der Waals surface area (Å²) in [5.74, 6) is -0.230. The third-order valence-corrected chi connectivity index (χ3v) is 3.18. The number of fused-ring (bicyclic) bond motifs is 1. The summed E-state index contributed by atoms with van der Waals surface area (Å²) in [7, 11) is 0. The summed E-state index contributed by atoms with van der Waals surface area (Å²) in [5.41, 5.74) is 2.91. The highest BCUT2D eigenvalue weighted by Gasteiger charge is 2.17. The van der Waals surface area contributed by atoms with E-state index in [4.69, 9.17) is 5.11 Å². The molecule has 2 aromatic heterocycles. The highest BCUT2D eigenvalue weighted by atomic mass is 79.9. The highest BCUT2D eigenvalue weighted by molar-refractivity contribution is 9.10. The first kappa shape index (κ1) is 13.0. The molecule has 0 bridgehead atoms. The Hall–Kier alpha value is -1.40. The molecule has 0 unspecified atom stereocenters. The van der Waals surface area contributed by atoms with Gasteiger partial charge in [0.2, 0.25) is 0 Å². The van der Waals surface area contributed by atoms with Gasteiger partial charge in [0, 0.05) is 12.7 Å². The normalized spacial score (nSPS) is 10.9. The van der Waals surface area contributed by atoms with E-state index in [9.17, 15) is 4.79 Å². The van der Waals surface area contributed by atoms with Gasteiger partial charge in [-0.05, 0) is 41.4 Å². The predicted octanol–water partition coefficient (Wildman–Crippen LogP) is 1.44. The van der Waals surface area contributed by atoms with Crippen LogP contribution in [0.1, 0.15) is 21.7 Å². The molecule has 2 rings (SSSR count). The average molecular weight is 312 g/mol. The zero-order valence-electron chi connectivity index (χ0n) is 10.2. The van der Waals surface area contributed by atoms with Gasteiger partial charge < -0.3 is 10.4 Å². The zero-order chi connectivity index (χ0) is 13.3. The molecule has 0 atom stereocenters. The maximum Gasteiger partial charge on any atom is 0.270 e. The lowest BCUT2D eigenvalue weighted by atomic mass is 10.3. The SMILES string of the molecule is Cc1cc(Br)c2nc(C)c(C(=O)NCCO)n2c1. The van der Waals surface area contributed by atoms with Crippen LogP contribution < -0.4 is 5.32 Å². The van der Waals surface area contributed by atoms with Crippen molar-refractivity contribution in [1.29, 1.82) is 0 Å². The van der Waals surface area contributed by atoms with Crippen LogP contribution in [-0.2, 0) is 0 Å². The second-order valence-corrected chi connectivity index (χ2v) is 4.94. The van der Waals surface area contributed by atoms with Crippen LogP contribution in [0.4, 0.5) is 0 Å². The minimum Gasteiger partial charge on any atom is -0.395 e. The van der Waals surface area contributed by atoms with Crippen molar-refractivity contribution in [3.05, 3.63) is 33.7 Å². The molecule has 0 aliphatic heterocycles. The minimum absolute atomic E-state index is 0.0791. The predicted molar refractivity (Wildman–Crippen MR) is 71.8 cm³/mol. The molecule has 18 heavy (non-hydrogen) atoms. The zero-order valence-corrected chi connectivity index (χ0v) is 11.8. The Labute approximate surface area is 113 Å². The quantitative estimate of drug-likeness (QED) is 0.901. The first-order chi connectivity index (χ1) is 8.54. The van der Waals surface area contributed by atoms with Gasteiger partial charge in [-0.1, -0.05) is 0 Å². The van der Waals surface area contributed by atoms with Gasteiger partial charge in [0.15, 0.2) is 5.65 Å². The van der Waals surface area contributed by atoms with Gasteiger partial charge in [-0.15, -0.1) is 0 Å². The summed E-state index contributed by atoms with van der Waals surface area (Å²) in [6, 6.07) is 1.96. The van der Waals surface area contributed by atoms with Crippen molar-refractivity contribution < 1.29 is 9.90 Å². The summed E-state index contributed by atoms with van der Waals surface area (Å²) in [4.78, 5) is 16.4. The Kier molecular flexibility index (Phi) is 3.68. The van der Waals surface area contributed by atoms with E-state index in [0.29, 0.717) is 17.0 Å². The number of nitrogens with zero attached hydrogens (tertiary/aromatic N) is 2. The van der Waals surface area contributed by atoms with Crippen molar-refractivity contribution >= 4 is 27.5 Å². The molecule has 0 spiro atoms. The molecule has 0 saturated heterocycles. The van der Waals surface area contributed by atoms with Crippen LogP contribution >= 0.6 is 15.9 Å². The molecular formula is C12H14BrN3O2. The Balaban J connectivity index is 2.56. The van der Waals surface area contributed by atoms with Crippen LogP contribution in [-0.4, -0.2) is 33.6 Å². The van der Waals surface area contributed by atoms with Crippen molar-refractivity contribution in [3.8, 4) is 0 Å². The molecule has 96 valence electrons. The maximum absolute atomic E-state index is 12.0. The smallest absolute Gasteiger partial charge is 0.270 e. The average Bonchev–Trinajstić information content (AvgIpc) is 2.63. The van der Waals surface area contributed by atoms with Crippen LogP contribution in [0, 0.1) is 13.8 Å². The number of aliphatic hydroxyl groups excluding tert-OH is 1. The molecule has 0 aliphatic carbocycles. The van der Waals surface area contributed by atoms with E-state index in [0.717, 1.165) is 10.0 Å². The fourth-order valence-electron chi connectivity index (χ4n) is 1.87. The molecule has 0 saturated carbocycles. The lowest BCUT2D eigenvalue weighted by molar-refractivity contribution is 0.0938. The third-order valence-electron chi connectivity index (χ3n) is 2.60. The number of carbonyl (C=O) groups excluding carboxylic acids is 1. The number of pyridine rings is 1. The Morgan fingerprint density at radius 2 is 2.28 bits per heavy atom. The van der Waals surface area contributed by atoms with E-state index in [-0.39, 0.29) is 19.1 Å². The molecular weight excluding hydrogens is 298 g/mol. The van der Waals surface area contributed by atoms with E-state index in [1.54, 1.807) is 11.3 Å². The summed E-state index contributed by atoms with van der Waals surface area (Å²) >= 11 is 3.44. The van der Waals surface area contributed by atoms with E-state index in [1.807, 2.05) is 19.2 Å². The number of aryl methyl sites for hydroxylation is 2. The Bertz CT molecular complexity index is 607. The summed E-state index contributed by atoms with van der Waals surface area (Å²) in [5, 5.41) is 11.4. The van der Waals surface area contributed by atoms with Gasteiger partial charge in [0.05, 0.1) is 16.8 Å². The van der Waals surface area contributed by atoms with Crippen molar-refractivity contribution in [2.45, 2.75) is 13.8 Å². The monoisotopic (exact) mass is 311 g/mol. The lowest BCUT2D eigenvalue weighted by Crippen LogP contribution is -2.28. The van der Waals surface area contributed by atoms with Gasteiger partial charge in [-0.3, -0.25) is 9.20 Å².